The van der Waals surface area contributed by atoms with Gasteiger partial charge in [0.2, 0.25) is 10.0 Å². The third-order valence-electron chi connectivity index (χ3n) is 3.52. The number of nitro groups is 1. The first kappa shape index (κ1) is 17.5. The Labute approximate surface area is 131 Å². The second kappa shape index (κ2) is 6.72. The number of likely N-dealkylation sites (tertiary alicyclic amines) is 1. The van der Waals surface area contributed by atoms with Crippen molar-refractivity contribution in [1.82, 2.24) is 4.90 Å². The molecule has 1 heterocycles. The maximum Gasteiger partial charge on any atom is 0.293 e. The molecule has 0 spiro atoms. The van der Waals surface area contributed by atoms with Crippen LogP contribution in [0.5, 0.6) is 0 Å². The summed E-state index contributed by atoms with van der Waals surface area (Å²) in [5.74, 6) is 0. The number of primary sulfonamides is 1. The summed E-state index contributed by atoms with van der Waals surface area (Å²) in [5, 5.41) is 19.0. The second-order valence-electron chi connectivity index (χ2n) is 5.26. The quantitative estimate of drug-likeness (QED) is 0.583. The highest BCUT2D eigenvalue weighted by Crippen LogP contribution is 2.29. The van der Waals surface area contributed by atoms with E-state index in [4.69, 9.17) is 5.14 Å². The van der Waals surface area contributed by atoms with Crippen LogP contribution in [0, 0.1) is 10.1 Å². The van der Waals surface area contributed by atoms with Gasteiger partial charge in [-0.05, 0) is 18.6 Å². The van der Waals surface area contributed by atoms with Gasteiger partial charge in [0.05, 0.1) is 16.4 Å². The van der Waals surface area contributed by atoms with Crippen molar-refractivity contribution in [2.45, 2.75) is 23.8 Å². The first-order valence-electron chi connectivity index (χ1n) is 6.75. The minimum absolute atomic E-state index is 0.131. The number of nitrogens with one attached hydrogen (secondary N) is 1. The van der Waals surface area contributed by atoms with Gasteiger partial charge in [-0.25, -0.2) is 22.3 Å². The van der Waals surface area contributed by atoms with Crippen LogP contribution in [0.1, 0.15) is 6.42 Å². The summed E-state index contributed by atoms with van der Waals surface area (Å²) >= 11 is 0. The molecule has 2 rings (SSSR count). The highest BCUT2D eigenvalue weighted by molar-refractivity contribution is 7.89. The Morgan fingerprint density at radius 3 is 2.74 bits per heavy atom. The maximum absolute atomic E-state index is 12.3. The SMILES string of the molecule is NS(=O)(=O)c1ccc(NC2CCN(CC(F)F)C2)c([N+](=O)[O-])c1. The highest BCUT2D eigenvalue weighted by Gasteiger charge is 2.27. The van der Waals surface area contributed by atoms with E-state index in [-0.39, 0.29) is 23.2 Å². The van der Waals surface area contributed by atoms with Gasteiger partial charge in [0.25, 0.3) is 12.1 Å². The van der Waals surface area contributed by atoms with Crippen molar-refractivity contribution in [1.29, 1.82) is 0 Å². The summed E-state index contributed by atoms with van der Waals surface area (Å²) in [6.45, 7) is 0.453. The van der Waals surface area contributed by atoms with Crippen LogP contribution < -0.4 is 10.5 Å². The van der Waals surface area contributed by atoms with E-state index in [1.807, 2.05) is 0 Å². The first-order chi connectivity index (χ1) is 10.7. The molecule has 11 heteroatoms. The third kappa shape index (κ3) is 4.56. The number of nitrogens with zero attached hydrogens (tertiary/aromatic N) is 2. The number of rotatable bonds is 6. The van der Waals surface area contributed by atoms with Crippen molar-refractivity contribution in [2.24, 2.45) is 5.14 Å². The van der Waals surface area contributed by atoms with Crippen LogP contribution in [0.25, 0.3) is 0 Å². The van der Waals surface area contributed by atoms with E-state index < -0.39 is 27.1 Å². The Bertz CT molecular complexity index is 698. The van der Waals surface area contributed by atoms with Crippen LogP contribution in [0.4, 0.5) is 20.2 Å². The Balaban J connectivity index is 2.16. The number of nitrogens with two attached hydrogens (primary N) is 1. The number of hydrogen-bond donors (Lipinski definition) is 2. The number of hydrogen-bond acceptors (Lipinski definition) is 6. The minimum Gasteiger partial charge on any atom is -0.375 e. The third-order valence-corrected chi connectivity index (χ3v) is 4.43. The molecule has 0 radical (unpaired) electrons. The Kier molecular flexibility index (Phi) is 5.12. The van der Waals surface area contributed by atoms with Crippen molar-refractivity contribution in [3.63, 3.8) is 0 Å². The topological polar surface area (TPSA) is 119 Å². The van der Waals surface area contributed by atoms with Crippen LogP contribution in [0.15, 0.2) is 23.1 Å². The van der Waals surface area contributed by atoms with Crippen LogP contribution >= 0.6 is 0 Å². The molecule has 1 aromatic rings. The molecule has 1 aliphatic rings. The molecule has 8 nitrogen and oxygen atoms in total. The van der Waals surface area contributed by atoms with Crippen molar-refractivity contribution < 1.29 is 22.1 Å². The van der Waals surface area contributed by atoms with E-state index in [0.29, 0.717) is 19.5 Å². The summed E-state index contributed by atoms with van der Waals surface area (Å²) in [7, 11) is -4.05. The average Bonchev–Trinajstić information content (AvgIpc) is 2.84. The summed E-state index contributed by atoms with van der Waals surface area (Å²) in [5.41, 5.74) is -0.296. The normalized spacial score (nSPS) is 19.2. The number of nitro benzene ring substituents is 1. The van der Waals surface area contributed by atoms with Gasteiger partial charge in [-0.3, -0.25) is 15.0 Å². The molecular weight excluding hydrogens is 334 g/mol. The summed E-state index contributed by atoms with van der Waals surface area (Å²) in [6, 6.07) is 3.07. The molecule has 23 heavy (non-hydrogen) atoms. The number of anilines is 1. The zero-order valence-corrected chi connectivity index (χ0v) is 12.8. The number of halogens is 2. The van der Waals surface area contributed by atoms with E-state index >= 15 is 0 Å². The lowest BCUT2D eigenvalue weighted by Crippen LogP contribution is -2.30. The maximum atomic E-state index is 12.3. The van der Waals surface area contributed by atoms with Crippen molar-refractivity contribution in [3.8, 4) is 0 Å². The molecule has 128 valence electrons. The predicted molar refractivity (Wildman–Crippen MR) is 78.9 cm³/mol. The molecule has 0 amide bonds. The molecule has 3 N–H and O–H groups in total. The summed E-state index contributed by atoms with van der Waals surface area (Å²) in [4.78, 5) is 11.6. The zero-order chi connectivity index (χ0) is 17.2. The van der Waals surface area contributed by atoms with E-state index in [0.717, 1.165) is 12.1 Å². The lowest BCUT2D eigenvalue weighted by Gasteiger charge is -2.17. The van der Waals surface area contributed by atoms with E-state index in [2.05, 4.69) is 5.32 Å². The summed E-state index contributed by atoms with van der Waals surface area (Å²) in [6.07, 6.45) is -1.88. The first-order valence-corrected chi connectivity index (χ1v) is 8.29. The lowest BCUT2D eigenvalue weighted by molar-refractivity contribution is -0.384. The molecule has 0 aromatic heterocycles. The monoisotopic (exact) mass is 350 g/mol. The molecule has 1 atom stereocenters. The highest BCUT2D eigenvalue weighted by atomic mass is 32.2. The van der Waals surface area contributed by atoms with Crippen molar-refractivity contribution in [2.75, 3.05) is 25.0 Å². The Hall–Kier alpha value is -1.85. The summed E-state index contributed by atoms with van der Waals surface area (Å²) < 4.78 is 47.2. The Morgan fingerprint density at radius 2 is 2.17 bits per heavy atom. The van der Waals surface area contributed by atoms with Gasteiger partial charge in [0.15, 0.2) is 0 Å². The van der Waals surface area contributed by atoms with Crippen LogP contribution in [-0.2, 0) is 10.0 Å². The molecule has 1 unspecified atom stereocenters. The van der Waals surface area contributed by atoms with Crippen LogP contribution in [0.2, 0.25) is 0 Å². The minimum atomic E-state index is -4.05. The number of benzene rings is 1. The second-order valence-corrected chi connectivity index (χ2v) is 6.82. The molecule has 1 fully saturated rings. The van der Waals surface area contributed by atoms with Gasteiger partial charge < -0.3 is 5.32 Å². The molecule has 1 aromatic carbocycles. The predicted octanol–water partition coefficient (Wildman–Crippen LogP) is 0.994. The number of sulfonamides is 1. The fourth-order valence-corrected chi connectivity index (χ4v) is 3.03. The van der Waals surface area contributed by atoms with Crippen molar-refractivity contribution >= 4 is 21.4 Å². The fourth-order valence-electron chi connectivity index (χ4n) is 2.49. The molecule has 0 bridgehead atoms. The standard InChI is InChI=1S/C12H16F2N4O4S/c13-12(14)7-17-4-3-8(6-17)16-10-2-1-9(23(15,21)22)5-11(10)18(19)20/h1-2,5,8,12,16H,3-4,6-7H2,(H2,15,21,22). The van der Waals surface area contributed by atoms with E-state index in [1.54, 1.807) is 4.90 Å². The molecule has 0 aliphatic carbocycles. The molecular formula is C12H16F2N4O4S. The Morgan fingerprint density at radius 1 is 1.48 bits per heavy atom. The van der Waals surface area contributed by atoms with E-state index in [1.165, 1.54) is 6.07 Å². The molecule has 1 saturated heterocycles. The average molecular weight is 350 g/mol. The van der Waals surface area contributed by atoms with E-state index in [9.17, 15) is 27.3 Å². The van der Waals surface area contributed by atoms with Gasteiger partial charge in [0, 0.05) is 25.2 Å². The number of alkyl halides is 2. The van der Waals surface area contributed by atoms with Gasteiger partial charge in [-0.2, -0.15) is 0 Å². The largest absolute Gasteiger partial charge is 0.375 e. The lowest BCUT2D eigenvalue weighted by atomic mass is 10.2. The molecule has 0 saturated carbocycles. The van der Waals surface area contributed by atoms with Gasteiger partial charge in [0.1, 0.15) is 5.69 Å². The van der Waals surface area contributed by atoms with Gasteiger partial charge in [-0.1, -0.05) is 0 Å². The van der Waals surface area contributed by atoms with Crippen LogP contribution in [-0.4, -0.2) is 50.3 Å². The fraction of sp³-hybridized carbons (Fsp3) is 0.500. The smallest absolute Gasteiger partial charge is 0.293 e. The van der Waals surface area contributed by atoms with Crippen molar-refractivity contribution in [3.05, 3.63) is 28.3 Å². The van der Waals surface area contributed by atoms with Gasteiger partial charge in [-0.15, -0.1) is 0 Å². The zero-order valence-electron chi connectivity index (χ0n) is 12.0. The molecule has 1 aliphatic heterocycles. The van der Waals surface area contributed by atoms with Gasteiger partial charge >= 0.3 is 0 Å². The van der Waals surface area contributed by atoms with Crippen LogP contribution in [0.3, 0.4) is 0 Å².